The molecule has 29 heavy (non-hydrogen) atoms. The number of nitrogens with zero attached hydrogens (tertiary/aromatic N) is 3. The molecule has 2 aliphatic heterocycles. The highest BCUT2D eigenvalue weighted by molar-refractivity contribution is 6.00. The molecule has 4 rings (SSSR count). The van der Waals surface area contributed by atoms with Crippen LogP contribution in [0.1, 0.15) is 32.6 Å². The number of aliphatic hydroxyl groups is 1. The van der Waals surface area contributed by atoms with Crippen LogP contribution in [0.3, 0.4) is 0 Å². The lowest BCUT2D eigenvalue weighted by molar-refractivity contribution is -0.0438. The van der Waals surface area contributed by atoms with Crippen molar-refractivity contribution in [3.05, 3.63) is 17.4 Å². The summed E-state index contributed by atoms with van der Waals surface area (Å²) < 4.78 is 37.3. The van der Waals surface area contributed by atoms with E-state index >= 15 is 4.39 Å². The Morgan fingerprint density at radius 2 is 2.14 bits per heavy atom. The van der Waals surface area contributed by atoms with E-state index in [4.69, 9.17) is 18.7 Å². The Morgan fingerprint density at radius 3 is 2.72 bits per heavy atom. The molecule has 0 aliphatic carbocycles. The lowest BCUT2D eigenvalue weighted by Gasteiger charge is -2.28. The largest absolute Gasteiger partial charge is 0.444 e. The van der Waals surface area contributed by atoms with Crippen molar-refractivity contribution in [1.29, 1.82) is 0 Å². The molecule has 1 N–H and O–H groups in total. The molecular weight excluding hydrogens is 385 g/mol. The molecule has 2 atom stereocenters. The summed E-state index contributed by atoms with van der Waals surface area (Å²) in [4.78, 5) is 15.2. The second kappa shape index (κ2) is 7.77. The molecule has 2 aromatic rings. The third kappa shape index (κ3) is 3.52. The summed E-state index contributed by atoms with van der Waals surface area (Å²) in [5, 5.41) is 14.1. The number of halogens is 1. The van der Waals surface area contributed by atoms with Crippen LogP contribution in [0.15, 0.2) is 10.6 Å². The van der Waals surface area contributed by atoms with Gasteiger partial charge in [0.1, 0.15) is 6.10 Å². The predicted molar refractivity (Wildman–Crippen MR) is 101 cm³/mol. The van der Waals surface area contributed by atoms with Gasteiger partial charge in [0.15, 0.2) is 17.9 Å². The van der Waals surface area contributed by atoms with Gasteiger partial charge in [0, 0.05) is 18.7 Å². The summed E-state index contributed by atoms with van der Waals surface area (Å²) in [7, 11) is 0. The number of cyclic esters (lactones) is 1. The van der Waals surface area contributed by atoms with E-state index in [9.17, 15) is 9.90 Å². The Balaban J connectivity index is 1.88. The quantitative estimate of drug-likeness (QED) is 0.778. The molecule has 3 heterocycles. The first-order chi connectivity index (χ1) is 13.9. The summed E-state index contributed by atoms with van der Waals surface area (Å²) in [6.07, 6.45) is -2.30. The van der Waals surface area contributed by atoms with E-state index < -0.39 is 24.3 Å². The Bertz CT molecular complexity index is 911. The number of ether oxygens (including phenoxy) is 3. The van der Waals surface area contributed by atoms with Crippen LogP contribution in [0.25, 0.3) is 11.0 Å². The molecule has 1 amide bonds. The normalized spacial score (nSPS) is 21.2. The highest BCUT2D eigenvalue weighted by Gasteiger charge is 2.36. The fraction of sp³-hybridized carbons (Fsp3) is 0.579. The molecule has 0 unspecified atom stereocenters. The number of aliphatic hydroxyl groups excluding tert-OH is 1. The number of hydrogen-bond acceptors (Lipinski definition) is 8. The van der Waals surface area contributed by atoms with Gasteiger partial charge in [-0.05, 0) is 26.8 Å². The smallest absolute Gasteiger partial charge is 0.416 e. The van der Waals surface area contributed by atoms with Crippen molar-refractivity contribution in [1.82, 2.24) is 5.16 Å². The monoisotopic (exact) mass is 409 g/mol. The topological polar surface area (TPSA) is 97.5 Å². The van der Waals surface area contributed by atoms with E-state index in [0.29, 0.717) is 37.3 Å². The van der Waals surface area contributed by atoms with E-state index in [1.807, 2.05) is 6.92 Å². The van der Waals surface area contributed by atoms with Gasteiger partial charge in [0.2, 0.25) is 5.58 Å². The van der Waals surface area contributed by atoms with Gasteiger partial charge in [-0.25, -0.2) is 9.18 Å². The minimum atomic E-state index is -0.765. The molecule has 0 bridgehead atoms. The van der Waals surface area contributed by atoms with Gasteiger partial charge in [0.05, 0.1) is 36.9 Å². The SMILES string of the molecule is CCN(C[C@H](C)O)c1c(C2OCCO2)cc2c(N3C[C@@H](C)OC3=O)noc2c1F. The zero-order valence-electron chi connectivity index (χ0n) is 16.6. The van der Waals surface area contributed by atoms with Crippen molar-refractivity contribution in [2.24, 2.45) is 0 Å². The van der Waals surface area contributed by atoms with Crippen LogP contribution in [0.5, 0.6) is 0 Å². The number of likely N-dealkylation sites (N-methyl/N-ethyl adjacent to an activating group) is 1. The number of hydrogen-bond donors (Lipinski definition) is 1. The number of aromatic nitrogens is 1. The van der Waals surface area contributed by atoms with Crippen molar-refractivity contribution < 1.29 is 33.0 Å². The second-order valence-electron chi connectivity index (χ2n) is 7.28. The Kier molecular flexibility index (Phi) is 5.32. The van der Waals surface area contributed by atoms with Gasteiger partial charge in [-0.2, -0.15) is 0 Å². The Labute approximate surface area is 166 Å². The number of fused-ring (bicyclic) bond motifs is 1. The molecule has 1 aromatic carbocycles. The third-order valence-electron chi connectivity index (χ3n) is 4.97. The van der Waals surface area contributed by atoms with Gasteiger partial charge < -0.3 is 28.7 Å². The lowest BCUT2D eigenvalue weighted by atomic mass is 10.1. The number of rotatable bonds is 6. The maximum Gasteiger partial charge on any atom is 0.416 e. The molecule has 2 aliphatic rings. The van der Waals surface area contributed by atoms with Crippen molar-refractivity contribution >= 4 is 28.6 Å². The maximum absolute atomic E-state index is 15.6. The van der Waals surface area contributed by atoms with Crippen molar-refractivity contribution in [3.8, 4) is 0 Å². The van der Waals surface area contributed by atoms with Crippen molar-refractivity contribution in [2.75, 3.05) is 42.6 Å². The Morgan fingerprint density at radius 1 is 1.41 bits per heavy atom. The van der Waals surface area contributed by atoms with Crippen molar-refractivity contribution in [2.45, 2.75) is 39.3 Å². The number of anilines is 2. The van der Waals surface area contributed by atoms with Crippen LogP contribution >= 0.6 is 0 Å². The first-order valence-electron chi connectivity index (χ1n) is 9.66. The minimum absolute atomic E-state index is 0.0758. The number of benzene rings is 1. The zero-order valence-corrected chi connectivity index (χ0v) is 16.6. The van der Waals surface area contributed by atoms with Crippen LogP contribution in [0, 0.1) is 5.82 Å². The average Bonchev–Trinajstić information content (AvgIpc) is 3.39. The maximum atomic E-state index is 15.6. The summed E-state index contributed by atoms with van der Waals surface area (Å²) >= 11 is 0. The van der Waals surface area contributed by atoms with Crippen LogP contribution in [-0.2, 0) is 14.2 Å². The van der Waals surface area contributed by atoms with Crippen LogP contribution in [-0.4, -0.2) is 61.4 Å². The number of carbonyl (C=O) groups excluding carboxylic acids is 1. The first-order valence-corrected chi connectivity index (χ1v) is 9.66. The lowest BCUT2D eigenvalue weighted by Crippen LogP contribution is -2.32. The standard InChI is InChI=1S/C19H24FN3O6/c1-4-22(8-10(2)24)15-12(18-26-5-6-27-18)7-13-16(14(15)20)29-21-17(13)23-9-11(3)28-19(23)25/h7,10-11,18,24H,4-6,8-9H2,1-3H3/t10-,11+/m0/s1. The minimum Gasteiger partial charge on any atom is -0.444 e. The highest BCUT2D eigenvalue weighted by Crippen LogP contribution is 2.41. The summed E-state index contributed by atoms with van der Waals surface area (Å²) in [5.74, 6) is -0.448. The van der Waals surface area contributed by atoms with E-state index in [-0.39, 0.29) is 29.7 Å². The molecule has 1 aromatic heterocycles. The third-order valence-corrected chi connectivity index (χ3v) is 4.97. The van der Waals surface area contributed by atoms with Crippen molar-refractivity contribution in [3.63, 3.8) is 0 Å². The molecular formula is C19H24FN3O6. The predicted octanol–water partition coefficient (Wildman–Crippen LogP) is 2.56. The molecule has 2 saturated heterocycles. The Hall–Kier alpha value is -2.43. The summed E-state index contributed by atoms with van der Waals surface area (Å²) in [6, 6.07) is 1.68. The van der Waals surface area contributed by atoms with E-state index in [1.54, 1.807) is 24.8 Å². The number of carbonyl (C=O) groups is 1. The molecule has 158 valence electrons. The van der Waals surface area contributed by atoms with Crippen LogP contribution in [0.2, 0.25) is 0 Å². The highest BCUT2D eigenvalue weighted by atomic mass is 19.1. The van der Waals surface area contributed by atoms with Gasteiger partial charge >= 0.3 is 6.09 Å². The molecule has 9 nitrogen and oxygen atoms in total. The summed E-state index contributed by atoms with van der Waals surface area (Å²) in [6.45, 7) is 6.99. The first kappa shape index (κ1) is 19.9. The van der Waals surface area contributed by atoms with Gasteiger partial charge in [-0.15, -0.1) is 0 Å². The molecule has 0 spiro atoms. The van der Waals surface area contributed by atoms with Crippen LogP contribution < -0.4 is 9.80 Å². The molecule has 10 heteroatoms. The zero-order chi connectivity index (χ0) is 20.7. The molecule has 2 fully saturated rings. The molecule has 0 radical (unpaired) electrons. The fourth-order valence-electron chi connectivity index (χ4n) is 3.74. The van der Waals surface area contributed by atoms with E-state index in [2.05, 4.69) is 5.16 Å². The number of amides is 1. The van der Waals surface area contributed by atoms with Gasteiger partial charge in [-0.1, -0.05) is 5.16 Å². The van der Waals surface area contributed by atoms with Gasteiger partial charge in [0.25, 0.3) is 0 Å². The van der Waals surface area contributed by atoms with Gasteiger partial charge in [-0.3, -0.25) is 4.90 Å². The van der Waals surface area contributed by atoms with E-state index in [0.717, 1.165) is 0 Å². The fourth-order valence-corrected chi connectivity index (χ4v) is 3.74. The average molecular weight is 409 g/mol. The van der Waals surface area contributed by atoms with E-state index in [1.165, 1.54) is 4.90 Å². The molecule has 0 saturated carbocycles. The second-order valence-corrected chi connectivity index (χ2v) is 7.28. The summed E-state index contributed by atoms with van der Waals surface area (Å²) in [5.41, 5.74) is 0.612. The van der Waals surface area contributed by atoms with Crippen LogP contribution in [0.4, 0.5) is 20.7 Å².